The number of aliphatic hydroxyl groups excluding tert-OH is 1. The van der Waals surface area contributed by atoms with Gasteiger partial charge in [0.15, 0.2) is 0 Å². The Morgan fingerprint density at radius 3 is 2.40 bits per heavy atom. The van der Waals surface area contributed by atoms with E-state index in [2.05, 4.69) is 22.4 Å². The average Bonchev–Trinajstić information content (AvgIpc) is 3.21. The van der Waals surface area contributed by atoms with Crippen molar-refractivity contribution in [3.8, 4) is 0 Å². The summed E-state index contributed by atoms with van der Waals surface area (Å²) in [6.07, 6.45) is 7.79. The monoisotopic (exact) mass is 445 g/mol. The first kappa shape index (κ1) is 21.0. The predicted octanol–water partition coefficient (Wildman–Crippen LogP) is 5.75. The number of thiophene rings is 1. The van der Waals surface area contributed by atoms with Gasteiger partial charge in [-0.25, -0.2) is 0 Å². The highest BCUT2D eigenvalue weighted by atomic mass is 35.5. The minimum absolute atomic E-state index is 0.280. The van der Waals surface area contributed by atoms with Crippen LogP contribution in [0.3, 0.4) is 0 Å². The Kier molecular flexibility index (Phi) is 6.23. The van der Waals surface area contributed by atoms with Crippen LogP contribution in [-0.4, -0.2) is 34.8 Å². The summed E-state index contributed by atoms with van der Waals surface area (Å²) in [5, 5.41) is 13.8. The van der Waals surface area contributed by atoms with E-state index in [0.717, 1.165) is 34.9 Å². The topological polar surface area (TPSA) is 32.7 Å². The van der Waals surface area contributed by atoms with Crippen molar-refractivity contribution in [1.82, 2.24) is 4.90 Å². The van der Waals surface area contributed by atoms with Gasteiger partial charge in [-0.15, -0.1) is 11.3 Å². The quantitative estimate of drug-likeness (QED) is 0.533. The molecule has 1 aromatic heterocycles. The molecule has 0 aliphatic heterocycles. The van der Waals surface area contributed by atoms with Crippen LogP contribution in [0.15, 0.2) is 41.8 Å². The molecule has 3 nitrogen and oxygen atoms in total. The third-order valence-electron chi connectivity index (χ3n) is 7.56. The van der Waals surface area contributed by atoms with Crippen LogP contribution in [0.25, 0.3) is 0 Å². The smallest absolute Gasteiger partial charge is 0.0900 e. The molecule has 0 saturated heterocycles. The summed E-state index contributed by atoms with van der Waals surface area (Å²) in [4.78, 5) is 4.03. The van der Waals surface area contributed by atoms with E-state index in [1.807, 2.05) is 35.6 Å². The molecule has 162 valence electrons. The summed E-state index contributed by atoms with van der Waals surface area (Å²) in [5.74, 6) is 2.70. The highest BCUT2D eigenvalue weighted by Crippen LogP contribution is 2.58. The van der Waals surface area contributed by atoms with Crippen molar-refractivity contribution < 1.29 is 9.84 Å². The minimum Gasteiger partial charge on any atom is -0.389 e. The third-order valence-corrected chi connectivity index (χ3v) is 8.79. The van der Waals surface area contributed by atoms with E-state index in [1.165, 1.54) is 43.4 Å². The van der Waals surface area contributed by atoms with E-state index < -0.39 is 6.10 Å². The molecule has 1 atom stereocenters. The molecule has 4 bridgehead atoms. The molecule has 5 heteroatoms. The maximum absolute atomic E-state index is 10.9. The van der Waals surface area contributed by atoms with Gasteiger partial charge in [-0.05, 0) is 79.4 Å². The van der Waals surface area contributed by atoms with E-state index >= 15 is 0 Å². The van der Waals surface area contributed by atoms with Crippen molar-refractivity contribution in [2.75, 3.05) is 13.2 Å². The lowest BCUT2D eigenvalue weighted by Gasteiger charge is -2.61. The van der Waals surface area contributed by atoms with Gasteiger partial charge < -0.3 is 9.84 Å². The van der Waals surface area contributed by atoms with Gasteiger partial charge in [0.1, 0.15) is 0 Å². The van der Waals surface area contributed by atoms with Crippen LogP contribution >= 0.6 is 22.9 Å². The van der Waals surface area contributed by atoms with Gasteiger partial charge in [0.25, 0.3) is 0 Å². The van der Waals surface area contributed by atoms with Crippen LogP contribution in [0.5, 0.6) is 0 Å². The third kappa shape index (κ3) is 4.49. The molecule has 4 saturated carbocycles. The molecule has 1 heterocycles. The van der Waals surface area contributed by atoms with Gasteiger partial charge in [-0.3, -0.25) is 4.90 Å². The Morgan fingerprint density at radius 2 is 1.77 bits per heavy atom. The number of β-amino-alcohol motifs (C(OH)–C–C–N with tert-alkyl or cyclic N) is 1. The van der Waals surface area contributed by atoms with Crippen molar-refractivity contribution in [2.24, 2.45) is 17.8 Å². The van der Waals surface area contributed by atoms with Gasteiger partial charge in [-0.2, -0.15) is 0 Å². The second-order valence-electron chi connectivity index (χ2n) is 9.86. The lowest BCUT2D eigenvalue weighted by Crippen LogP contribution is -2.61. The van der Waals surface area contributed by atoms with Crippen molar-refractivity contribution in [1.29, 1.82) is 0 Å². The van der Waals surface area contributed by atoms with E-state index in [1.54, 1.807) is 0 Å². The number of benzene rings is 1. The number of halogens is 1. The summed E-state index contributed by atoms with van der Waals surface area (Å²) in [6, 6.07) is 12.1. The average molecular weight is 446 g/mol. The molecule has 0 unspecified atom stereocenters. The number of aliphatic hydroxyl groups is 1. The second-order valence-corrected chi connectivity index (χ2v) is 11.3. The molecule has 30 heavy (non-hydrogen) atoms. The number of hydrogen-bond donors (Lipinski definition) is 1. The van der Waals surface area contributed by atoms with Crippen LogP contribution in [0.4, 0.5) is 0 Å². The van der Waals surface area contributed by atoms with Gasteiger partial charge in [-0.1, -0.05) is 35.9 Å². The van der Waals surface area contributed by atoms with Crippen LogP contribution in [-0.2, 0) is 17.9 Å². The Balaban J connectivity index is 1.25. The lowest BCUT2D eigenvalue weighted by molar-refractivity contribution is -0.108. The Hall–Kier alpha value is -0.910. The Morgan fingerprint density at radius 1 is 1.07 bits per heavy atom. The Bertz CT molecular complexity index is 804. The summed E-state index contributed by atoms with van der Waals surface area (Å²) in [6.45, 7) is 2.43. The number of hydrogen-bond acceptors (Lipinski definition) is 4. The molecule has 4 aliphatic rings. The fraction of sp³-hybridized carbons (Fsp3) is 0.600. The van der Waals surface area contributed by atoms with Crippen LogP contribution in [0, 0.1) is 17.8 Å². The summed E-state index contributed by atoms with van der Waals surface area (Å²) in [5.41, 5.74) is 1.26. The molecule has 4 fully saturated rings. The molecule has 0 radical (unpaired) electrons. The standard InChI is InChI=1S/C25H32ClNO2S/c26-24-6-2-1-4-21(24)16-29-17-22(28)14-27(15-23-5-3-7-30-23)25-11-18-8-19(12-25)10-20(9-18)13-25/h1-7,18-20,22,28H,8-17H2/t18?,19?,20?,22-,25?/m1/s1. The molecule has 0 amide bonds. The molecule has 0 spiro atoms. The molecule has 6 rings (SSSR count). The maximum Gasteiger partial charge on any atom is 0.0900 e. The number of ether oxygens (including phenoxy) is 1. The second kappa shape index (κ2) is 8.91. The Labute approximate surface area is 189 Å². The van der Waals surface area contributed by atoms with Gasteiger partial charge in [0.2, 0.25) is 0 Å². The summed E-state index contributed by atoms with van der Waals surface area (Å²) in [7, 11) is 0. The normalized spacial score (nSPS) is 30.8. The predicted molar refractivity (Wildman–Crippen MR) is 123 cm³/mol. The largest absolute Gasteiger partial charge is 0.389 e. The van der Waals surface area contributed by atoms with Crippen molar-refractivity contribution in [2.45, 2.75) is 63.3 Å². The first-order valence-corrected chi connectivity index (χ1v) is 12.6. The van der Waals surface area contributed by atoms with E-state index in [9.17, 15) is 5.11 Å². The highest BCUT2D eigenvalue weighted by molar-refractivity contribution is 7.09. The van der Waals surface area contributed by atoms with Gasteiger partial charge >= 0.3 is 0 Å². The van der Waals surface area contributed by atoms with Crippen LogP contribution in [0.1, 0.15) is 49.0 Å². The first-order chi connectivity index (χ1) is 14.6. The SMILES string of the molecule is O[C@@H](COCc1ccccc1Cl)CN(Cc1cccs1)C12CC3CC(CC(C3)C1)C2. The maximum atomic E-state index is 10.9. The molecule has 1 aromatic carbocycles. The number of rotatable bonds is 9. The fourth-order valence-corrected chi connectivity index (χ4v) is 7.61. The van der Waals surface area contributed by atoms with E-state index in [0.29, 0.717) is 19.8 Å². The fourth-order valence-electron chi connectivity index (χ4n) is 6.70. The zero-order valence-corrected chi connectivity index (χ0v) is 19.1. The summed E-state index contributed by atoms with van der Waals surface area (Å²) >= 11 is 8.06. The first-order valence-electron chi connectivity index (χ1n) is 11.4. The van der Waals surface area contributed by atoms with Crippen molar-refractivity contribution in [3.05, 3.63) is 57.2 Å². The zero-order chi connectivity index (χ0) is 20.6. The van der Waals surface area contributed by atoms with Gasteiger partial charge in [0.05, 0.1) is 19.3 Å². The molecular formula is C25H32ClNO2S. The van der Waals surface area contributed by atoms with Crippen molar-refractivity contribution in [3.63, 3.8) is 0 Å². The molecule has 1 N–H and O–H groups in total. The zero-order valence-electron chi connectivity index (χ0n) is 17.5. The lowest BCUT2D eigenvalue weighted by atomic mass is 9.52. The van der Waals surface area contributed by atoms with Crippen LogP contribution < -0.4 is 0 Å². The van der Waals surface area contributed by atoms with Crippen LogP contribution in [0.2, 0.25) is 5.02 Å². The van der Waals surface area contributed by atoms with E-state index in [4.69, 9.17) is 16.3 Å². The molecular weight excluding hydrogens is 414 g/mol. The van der Waals surface area contributed by atoms with Gasteiger partial charge in [0, 0.05) is 28.5 Å². The highest BCUT2D eigenvalue weighted by Gasteiger charge is 2.53. The number of nitrogens with zero attached hydrogens (tertiary/aromatic N) is 1. The van der Waals surface area contributed by atoms with E-state index in [-0.39, 0.29) is 5.54 Å². The van der Waals surface area contributed by atoms with Crippen molar-refractivity contribution >= 4 is 22.9 Å². The summed E-state index contributed by atoms with van der Waals surface area (Å²) < 4.78 is 5.86. The molecule has 2 aromatic rings. The molecule has 4 aliphatic carbocycles. The minimum atomic E-state index is -0.486.